The van der Waals surface area contributed by atoms with E-state index in [4.69, 9.17) is 9.47 Å². The summed E-state index contributed by atoms with van der Waals surface area (Å²) in [5, 5.41) is 19.0. The Labute approximate surface area is 211 Å². The number of urea groups is 1. The summed E-state index contributed by atoms with van der Waals surface area (Å²) in [7, 11) is 0. The van der Waals surface area contributed by atoms with Crippen molar-refractivity contribution in [3.63, 3.8) is 0 Å². The number of nitrogens with one attached hydrogen (secondary N) is 3. The number of benzene rings is 2. The molecule has 2 heterocycles. The summed E-state index contributed by atoms with van der Waals surface area (Å²) in [6, 6.07) is 15.4. The Morgan fingerprint density at radius 2 is 1.89 bits per heavy atom. The van der Waals surface area contributed by atoms with E-state index in [1.165, 1.54) is 0 Å². The van der Waals surface area contributed by atoms with Crippen molar-refractivity contribution in [2.24, 2.45) is 0 Å². The number of amides is 3. The van der Waals surface area contributed by atoms with E-state index in [0.29, 0.717) is 12.1 Å². The van der Waals surface area contributed by atoms with Gasteiger partial charge in [-0.15, -0.1) is 0 Å². The Balaban J connectivity index is 1.23. The summed E-state index contributed by atoms with van der Waals surface area (Å²) in [5.74, 6) is 0.608. The summed E-state index contributed by atoms with van der Waals surface area (Å²) < 4.78 is 12.2. The fraction of sp³-hybridized carbons (Fsp3) is 0.500. The van der Waals surface area contributed by atoms with Gasteiger partial charge in [-0.25, -0.2) is 4.79 Å². The van der Waals surface area contributed by atoms with Crippen molar-refractivity contribution in [2.75, 3.05) is 11.9 Å². The van der Waals surface area contributed by atoms with Gasteiger partial charge in [0.05, 0.1) is 25.2 Å². The number of anilines is 1. The lowest BCUT2D eigenvalue weighted by molar-refractivity contribution is -0.142. The number of carbonyl (C=O) groups excluding carboxylic acids is 2. The van der Waals surface area contributed by atoms with E-state index >= 15 is 0 Å². The van der Waals surface area contributed by atoms with Gasteiger partial charge in [0.1, 0.15) is 18.0 Å². The smallest absolute Gasteiger partial charge is 0.319 e. The van der Waals surface area contributed by atoms with E-state index < -0.39 is 6.10 Å². The minimum Gasteiger partial charge on any atom is -0.487 e. The quantitative estimate of drug-likeness (QED) is 0.466. The van der Waals surface area contributed by atoms with Crippen molar-refractivity contribution in [3.05, 3.63) is 59.7 Å². The average Bonchev–Trinajstić information content (AvgIpc) is 3.51. The number of hydrogen-bond donors (Lipinski definition) is 4. The van der Waals surface area contributed by atoms with Crippen LogP contribution in [-0.4, -0.2) is 48.0 Å². The Bertz CT molecular complexity index is 1070. The summed E-state index contributed by atoms with van der Waals surface area (Å²) >= 11 is 0. The fourth-order valence-corrected chi connectivity index (χ4v) is 5.72. The second-order valence-corrected chi connectivity index (χ2v) is 10.1. The van der Waals surface area contributed by atoms with Crippen LogP contribution in [0.3, 0.4) is 0 Å². The number of ether oxygens (including phenoxy) is 2. The van der Waals surface area contributed by atoms with E-state index in [-0.39, 0.29) is 55.2 Å². The van der Waals surface area contributed by atoms with Crippen LogP contribution in [0.1, 0.15) is 68.5 Å². The van der Waals surface area contributed by atoms with E-state index in [2.05, 4.69) is 16.0 Å². The summed E-state index contributed by atoms with van der Waals surface area (Å²) in [4.78, 5) is 25.3. The minimum absolute atomic E-state index is 0.0325. The molecule has 2 aromatic carbocycles. The van der Waals surface area contributed by atoms with Crippen molar-refractivity contribution in [1.82, 2.24) is 10.6 Å². The first-order valence-electron chi connectivity index (χ1n) is 13.0. The average molecular weight is 494 g/mol. The molecule has 3 amide bonds. The van der Waals surface area contributed by atoms with Crippen molar-refractivity contribution < 1.29 is 24.2 Å². The summed E-state index contributed by atoms with van der Waals surface area (Å²) in [6.07, 6.45) is 3.97. The predicted molar refractivity (Wildman–Crippen MR) is 136 cm³/mol. The minimum atomic E-state index is -0.525. The van der Waals surface area contributed by atoms with Gasteiger partial charge < -0.3 is 30.5 Å². The van der Waals surface area contributed by atoms with Gasteiger partial charge in [0, 0.05) is 23.2 Å². The monoisotopic (exact) mass is 493 g/mol. The van der Waals surface area contributed by atoms with Gasteiger partial charge >= 0.3 is 6.03 Å². The molecule has 0 radical (unpaired) electrons. The molecule has 1 saturated carbocycles. The van der Waals surface area contributed by atoms with Gasteiger partial charge in [0.2, 0.25) is 5.91 Å². The van der Waals surface area contributed by atoms with E-state index in [1.807, 2.05) is 55.5 Å². The third-order valence-electron chi connectivity index (χ3n) is 7.54. The van der Waals surface area contributed by atoms with Crippen LogP contribution in [0.4, 0.5) is 10.5 Å². The Hall–Kier alpha value is -3.10. The Morgan fingerprint density at radius 3 is 2.64 bits per heavy atom. The molecule has 2 aliphatic heterocycles. The van der Waals surface area contributed by atoms with Gasteiger partial charge in [-0.1, -0.05) is 43.2 Å². The third kappa shape index (κ3) is 5.50. The molecule has 2 fully saturated rings. The third-order valence-corrected chi connectivity index (χ3v) is 7.54. The zero-order valence-corrected chi connectivity index (χ0v) is 20.6. The number of aliphatic hydroxyl groups excluding tert-OH is 1. The first-order chi connectivity index (χ1) is 17.5. The summed E-state index contributed by atoms with van der Waals surface area (Å²) in [6.45, 7) is 1.77. The highest BCUT2D eigenvalue weighted by Gasteiger charge is 2.46. The predicted octanol–water partition coefficient (Wildman–Crippen LogP) is 4.01. The molecule has 0 aromatic heterocycles. The topological polar surface area (TPSA) is 109 Å². The molecule has 1 saturated heterocycles. The van der Waals surface area contributed by atoms with Crippen LogP contribution in [0.25, 0.3) is 0 Å². The molecule has 2 aromatic rings. The molecular weight excluding hydrogens is 458 g/mol. The van der Waals surface area contributed by atoms with Gasteiger partial charge in [-0.2, -0.15) is 0 Å². The number of hydrogen-bond acceptors (Lipinski definition) is 5. The van der Waals surface area contributed by atoms with Gasteiger partial charge in [0.25, 0.3) is 0 Å². The maximum absolute atomic E-state index is 12.8. The van der Waals surface area contributed by atoms with Crippen molar-refractivity contribution in [2.45, 2.75) is 81.8 Å². The Morgan fingerprint density at radius 1 is 1.11 bits per heavy atom. The number of rotatable bonds is 7. The fourth-order valence-electron chi connectivity index (χ4n) is 5.72. The molecule has 4 N–H and O–H groups in total. The van der Waals surface area contributed by atoms with Crippen LogP contribution in [0.5, 0.6) is 5.75 Å². The molecule has 36 heavy (non-hydrogen) atoms. The molecule has 8 nitrogen and oxygen atoms in total. The lowest BCUT2D eigenvalue weighted by atomic mass is 9.84. The lowest BCUT2D eigenvalue weighted by Crippen LogP contribution is -2.47. The Kier molecular flexibility index (Phi) is 7.43. The second-order valence-electron chi connectivity index (χ2n) is 10.1. The zero-order valence-electron chi connectivity index (χ0n) is 20.6. The maximum atomic E-state index is 12.8. The highest BCUT2D eigenvalue weighted by Crippen LogP contribution is 2.47. The molecule has 3 aliphatic rings. The summed E-state index contributed by atoms with van der Waals surface area (Å²) in [5.41, 5.74) is 2.72. The molecule has 5 atom stereocenters. The maximum Gasteiger partial charge on any atom is 0.319 e. The van der Waals surface area contributed by atoms with E-state index in [0.717, 1.165) is 42.6 Å². The van der Waals surface area contributed by atoms with Gasteiger partial charge in [-0.3, -0.25) is 4.79 Å². The molecule has 1 aliphatic carbocycles. The molecule has 0 bridgehead atoms. The normalized spacial score (nSPS) is 25.8. The molecule has 8 heteroatoms. The SMILES string of the molecule is C[C@H](NC(=O)C[C@H]1C[C@@H]2c3cc(NC(=O)NC4CCCC4)ccc3O[C@@H]2[C@H](CO)O1)c1ccccc1. The standard InChI is InChI=1S/C28H35N3O5/c1-17(18-7-3-2-4-8-18)29-26(33)15-21-14-23-22-13-20(31-28(34)30-19-9-5-6-10-19)11-12-24(22)36-27(23)25(16-32)35-21/h2-4,7-8,11-13,17,19,21,23,25,27,32H,5-6,9-10,14-16H2,1H3,(H,29,33)(H2,30,31,34)/t17-,21+,23+,25-,27-/m0/s1. The number of fused-ring (bicyclic) bond motifs is 3. The molecular formula is C28H35N3O5. The van der Waals surface area contributed by atoms with Crippen LogP contribution in [0.15, 0.2) is 48.5 Å². The highest BCUT2D eigenvalue weighted by molar-refractivity contribution is 5.89. The van der Waals surface area contributed by atoms with Crippen LogP contribution in [0.2, 0.25) is 0 Å². The zero-order chi connectivity index (χ0) is 25.1. The van der Waals surface area contributed by atoms with Crippen LogP contribution in [-0.2, 0) is 9.53 Å². The number of carbonyl (C=O) groups is 2. The van der Waals surface area contributed by atoms with Gasteiger partial charge in [-0.05, 0) is 49.9 Å². The van der Waals surface area contributed by atoms with Crippen LogP contribution >= 0.6 is 0 Å². The second kappa shape index (κ2) is 10.9. The first-order valence-corrected chi connectivity index (χ1v) is 13.0. The van der Waals surface area contributed by atoms with Crippen molar-refractivity contribution in [1.29, 1.82) is 0 Å². The highest BCUT2D eigenvalue weighted by atomic mass is 16.6. The van der Waals surface area contributed by atoms with E-state index in [9.17, 15) is 14.7 Å². The van der Waals surface area contributed by atoms with Crippen LogP contribution in [0, 0.1) is 0 Å². The number of aliphatic hydroxyl groups is 1. The molecule has 5 rings (SSSR count). The van der Waals surface area contributed by atoms with E-state index in [1.54, 1.807) is 0 Å². The molecule has 0 unspecified atom stereocenters. The first kappa shape index (κ1) is 24.6. The molecule has 0 spiro atoms. The largest absolute Gasteiger partial charge is 0.487 e. The van der Waals surface area contributed by atoms with Crippen molar-refractivity contribution >= 4 is 17.6 Å². The van der Waals surface area contributed by atoms with Gasteiger partial charge in [0.15, 0.2) is 0 Å². The molecule has 192 valence electrons. The van der Waals surface area contributed by atoms with Crippen molar-refractivity contribution in [3.8, 4) is 5.75 Å². The van der Waals surface area contributed by atoms with Crippen LogP contribution < -0.4 is 20.7 Å². The lowest BCUT2D eigenvalue weighted by Gasteiger charge is -2.37.